The highest BCUT2D eigenvalue weighted by molar-refractivity contribution is 5.94. The van der Waals surface area contributed by atoms with E-state index < -0.39 is 17.6 Å². The van der Waals surface area contributed by atoms with Gasteiger partial charge in [0.1, 0.15) is 12.2 Å². The second kappa shape index (κ2) is 7.00. The number of hydrogen-bond acceptors (Lipinski definition) is 4. The highest BCUT2D eigenvalue weighted by Crippen LogP contribution is 2.27. The van der Waals surface area contributed by atoms with Gasteiger partial charge in [0.2, 0.25) is 5.90 Å². The van der Waals surface area contributed by atoms with Gasteiger partial charge in [0.05, 0.1) is 6.61 Å². The van der Waals surface area contributed by atoms with Crippen molar-refractivity contribution in [1.82, 2.24) is 0 Å². The highest BCUT2D eigenvalue weighted by atomic mass is 19.4. The van der Waals surface area contributed by atoms with E-state index in [1.165, 1.54) is 14.2 Å². The van der Waals surface area contributed by atoms with Crippen molar-refractivity contribution in [1.29, 1.82) is 0 Å². The van der Waals surface area contributed by atoms with Gasteiger partial charge in [-0.15, -0.1) is 0 Å². The van der Waals surface area contributed by atoms with Gasteiger partial charge in [-0.05, 0) is 6.72 Å². The predicted octanol–water partition coefficient (Wildman–Crippen LogP) is 1.82. The maximum atomic E-state index is 12.5. The second-order valence-electron chi connectivity index (χ2n) is 2.59. The van der Waals surface area contributed by atoms with Crippen LogP contribution in [0, 0.1) is 0 Å². The average molecular weight is 238 g/mol. The lowest BCUT2D eigenvalue weighted by atomic mass is 10.3. The highest BCUT2D eigenvalue weighted by Gasteiger charge is 2.38. The first-order valence-corrected chi connectivity index (χ1v) is 4.29. The van der Waals surface area contributed by atoms with Crippen molar-refractivity contribution >= 4 is 12.6 Å². The molecular formula is C9H13F3N2O2. The molecule has 0 aromatic carbocycles. The van der Waals surface area contributed by atoms with Gasteiger partial charge in [-0.2, -0.15) is 13.2 Å². The Balaban J connectivity index is 4.76. The summed E-state index contributed by atoms with van der Waals surface area (Å²) in [6, 6.07) is 0. The summed E-state index contributed by atoms with van der Waals surface area (Å²) in [6.45, 7) is 3.12. The molecule has 92 valence electrons. The third-order valence-electron chi connectivity index (χ3n) is 1.49. The zero-order valence-corrected chi connectivity index (χ0v) is 9.04. The summed E-state index contributed by atoms with van der Waals surface area (Å²) in [6.07, 6.45) is -4.02. The normalized spacial score (nSPS) is 13.8. The Morgan fingerprint density at radius 1 is 1.38 bits per heavy atom. The molecule has 0 N–H and O–H groups in total. The molecule has 0 aliphatic heterocycles. The van der Waals surface area contributed by atoms with Crippen molar-refractivity contribution in [2.45, 2.75) is 6.18 Å². The second-order valence-corrected chi connectivity index (χ2v) is 2.59. The molecule has 0 aliphatic carbocycles. The summed E-state index contributed by atoms with van der Waals surface area (Å²) in [5.41, 5.74) is -1.07. The van der Waals surface area contributed by atoms with Crippen LogP contribution in [0.2, 0.25) is 0 Å². The first-order chi connectivity index (χ1) is 7.47. The number of hydrogen-bond donors (Lipinski definition) is 0. The number of nitrogens with zero attached hydrogens (tertiary/aromatic N) is 2. The zero-order valence-electron chi connectivity index (χ0n) is 9.04. The van der Waals surface area contributed by atoms with Crippen LogP contribution in [0.1, 0.15) is 0 Å². The number of aliphatic imine (C=N–C) groups is 2. The quantitative estimate of drug-likeness (QED) is 0.416. The van der Waals surface area contributed by atoms with Crippen LogP contribution in [-0.2, 0) is 9.47 Å². The van der Waals surface area contributed by atoms with E-state index in [1.54, 1.807) is 0 Å². The van der Waals surface area contributed by atoms with Gasteiger partial charge in [-0.3, -0.25) is 9.98 Å². The summed E-state index contributed by atoms with van der Waals surface area (Å²) < 4.78 is 47.0. The summed E-state index contributed by atoms with van der Waals surface area (Å²) >= 11 is 0. The van der Waals surface area contributed by atoms with E-state index in [-0.39, 0.29) is 13.2 Å². The van der Waals surface area contributed by atoms with Crippen LogP contribution < -0.4 is 0 Å². The van der Waals surface area contributed by atoms with Gasteiger partial charge in [0, 0.05) is 20.4 Å². The van der Waals surface area contributed by atoms with Crippen molar-refractivity contribution in [3.05, 3.63) is 11.8 Å². The van der Waals surface area contributed by atoms with Crippen LogP contribution in [0.15, 0.2) is 21.8 Å². The third-order valence-corrected chi connectivity index (χ3v) is 1.49. The molecular weight excluding hydrogens is 225 g/mol. The minimum absolute atomic E-state index is 0.0201. The summed E-state index contributed by atoms with van der Waals surface area (Å²) in [7, 11) is 2.61. The molecule has 0 atom stereocenters. The molecule has 0 aromatic heterocycles. The minimum atomic E-state index is -4.58. The average Bonchev–Trinajstić information content (AvgIpc) is 2.20. The maximum absolute atomic E-state index is 12.5. The standard InChI is InChI=1S/C9H13F3N2O2/c1-13-6-7(9(10,11)12)8(14-2)16-5-4-15-3/h6H,1,4-5H2,2-3H3/b7-6+,14-8+. The van der Waals surface area contributed by atoms with Gasteiger partial charge < -0.3 is 9.47 Å². The SMILES string of the molecule is C=N/C=C(\C(=N/C)OCCOC)C(F)(F)F. The molecule has 0 saturated heterocycles. The van der Waals surface area contributed by atoms with Crippen molar-refractivity contribution in [3.63, 3.8) is 0 Å². The van der Waals surface area contributed by atoms with E-state index in [4.69, 9.17) is 4.74 Å². The predicted molar refractivity (Wildman–Crippen MR) is 54.9 cm³/mol. The van der Waals surface area contributed by atoms with Gasteiger partial charge >= 0.3 is 6.18 Å². The van der Waals surface area contributed by atoms with Gasteiger partial charge in [-0.25, -0.2) is 0 Å². The molecule has 0 radical (unpaired) electrons. The largest absolute Gasteiger partial charge is 0.475 e. The molecule has 0 fully saturated rings. The lowest BCUT2D eigenvalue weighted by molar-refractivity contribution is -0.0881. The topological polar surface area (TPSA) is 43.2 Å². The van der Waals surface area contributed by atoms with E-state index in [9.17, 15) is 13.2 Å². The molecule has 16 heavy (non-hydrogen) atoms. The molecule has 0 unspecified atom stereocenters. The fraction of sp³-hybridized carbons (Fsp3) is 0.556. The van der Waals surface area contributed by atoms with Crippen LogP contribution >= 0.6 is 0 Å². The van der Waals surface area contributed by atoms with Crippen molar-refractivity contribution in [2.75, 3.05) is 27.4 Å². The number of methoxy groups -OCH3 is 1. The Kier molecular flexibility index (Phi) is 6.40. The molecule has 0 amide bonds. The van der Waals surface area contributed by atoms with Crippen LogP contribution in [-0.4, -0.2) is 46.2 Å². The smallest absolute Gasteiger partial charge is 0.423 e. The van der Waals surface area contributed by atoms with Crippen molar-refractivity contribution in [2.24, 2.45) is 9.98 Å². The Bertz CT molecular complexity index is 285. The van der Waals surface area contributed by atoms with E-state index in [0.717, 1.165) is 0 Å². The molecule has 0 saturated carbocycles. The van der Waals surface area contributed by atoms with E-state index in [0.29, 0.717) is 6.20 Å². The summed E-state index contributed by atoms with van der Waals surface area (Å²) in [4.78, 5) is 6.48. The molecule has 0 heterocycles. The lowest BCUT2D eigenvalue weighted by Crippen LogP contribution is -2.23. The Morgan fingerprint density at radius 3 is 2.38 bits per heavy atom. The third kappa shape index (κ3) is 4.92. The molecule has 4 nitrogen and oxygen atoms in total. The number of alkyl halides is 3. The zero-order chi connectivity index (χ0) is 12.6. The van der Waals surface area contributed by atoms with Gasteiger partial charge in [0.15, 0.2) is 0 Å². The van der Waals surface area contributed by atoms with E-state index in [2.05, 4.69) is 21.4 Å². The van der Waals surface area contributed by atoms with Crippen LogP contribution in [0.4, 0.5) is 13.2 Å². The lowest BCUT2D eigenvalue weighted by Gasteiger charge is -2.13. The summed E-state index contributed by atoms with van der Waals surface area (Å²) in [5.74, 6) is -0.531. The molecule has 0 spiro atoms. The summed E-state index contributed by atoms with van der Waals surface area (Å²) in [5, 5.41) is 0. The molecule has 7 heteroatoms. The van der Waals surface area contributed by atoms with Gasteiger partial charge in [0.25, 0.3) is 0 Å². The van der Waals surface area contributed by atoms with E-state index >= 15 is 0 Å². The number of rotatable bonds is 5. The molecule has 0 rings (SSSR count). The van der Waals surface area contributed by atoms with E-state index in [1.807, 2.05) is 0 Å². The van der Waals surface area contributed by atoms with Crippen LogP contribution in [0.25, 0.3) is 0 Å². The first-order valence-electron chi connectivity index (χ1n) is 4.29. The minimum Gasteiger partial charge on any atom is -0.475 e. The molecule has 0 aromatic rings. The monoisotopic (exact) mass is 238 g/mol. The number of halogens is 3. The first kappa shape index (κ1) is 14.6. The van der Waals surface area contributed by atoms with Crippen molar-refractivity contribution < 1.29 is 22.6 Å². The molecule has 0 bridgehead atoms. The van der Waals surface area contributed by atoms with Crippen molar-refractivity contribution in [3.8, 4) is 0 Å². The van der Waals surface area contributed by atoms with Crippen LogP contribution in [0.3, 0.4) is 0 Å². The maximum Gasteiger partial charge on any atom is 0.423 e. The Morgan fingerprint density at radius 2 is 2.00 bits per heavy atom. The van der Waals surface area contributed by atoms with Crippen LogP contribution in [0.5, 0.6) is 0 Å². The number of ether oxygens (including phenoxy) is 2. The fourth-order valence-corrected chi connectivity index (χ4v) is 0.825. The Labute approximate surface area is 91.5 Å². The fourth-order valence-electron chi connectivity index (χ4n) is 0.825. The molecule has 0 aliphatic rings. The van der Waals surface area contributed by atoms with Gasteiger partial charge in [-0.1, -0.05) is 0 Å². The Hall–Kier alpha value is -1.37.